The molecule has 1 aliphatic rings. The molecule has 0 amide bonds. The maximum absolute atomic E-state index is 12.4. The van der Waals surface area contributed by atoms with E-state index >= 15 is 0 Å². The topological polar surface area (TPSA) is 58.6 Å². The van der Waals surface area contributed by atoms with Crippen LogP contribution in [-0.2, 0) is 10.0 Å². The van der Waals surface area contributed by atoms with Crippen molar-refractivity contribution >= 4 is 21.4 Å². The Balaban J connectivity index is 2.28. The van der Waals surface area contributed by atoms with Gasteiger partial charge in [0.05, 0.1) is 7.11 Å². The molecule has 0 unspecified atom stereocenters. The van der Waals surface area contributed by atoms with Crippen LogP contribution < -0.4 is 10.1 Å². The van der Waals surface area contributed by atoms with E-state index in [-0.39, 0.29) is 0 Å². The van der Waals surface area contributed by atoms with E-state index in [0.29, 0.717) is 29.6 Å². The third-order valence-corrected chi connectivity index (χ3v) is 6.01. The first-order valence-corrected chi connectivity index (χ1v) is 7.80. The van der Waals surface area contributed by atoms with E-state index in [1.54, 1.807) is 11.4 Å². The monoisotopic (exact) mass is 276 g/mol. The standard InChI is InChI=1S/C10H16N2O3S2/c1-15-9-3-8-16-10(9)17(13,14)12-6-2-4-11-5-7-12/h3,8,11H,2,4-7H2,1H3. The second kappa shape index (κ2) is 5.34. The fourth-order valence-corrected chi connectivity index (χ4v) is 4.69. The average Bonchev–Trinajstić information content (AvgIpc) is 2.63. The molecular weight excluding hydrogens is 260 g/mol. The largest absolute Gasteiger partial charge is 0.494 e. The molecule has 1 fully saturated rings. The van der Waals surface area contributed by atoms with Crippen LogP contribution in [0.3, 0.4) is 0 Å². The van der Waals surface area contributed by atoms with Crippen molar-refractivity contribution in [2.24, 2.45) is 0 Å². The minimum absolute atomic E-state index is 0.307. The first kappa shape index (κ1) is 12.8. The third kappa shape index (κ3) is 2.62. The Hall–Kier alpha value is -0.630. The van der Waals surface area contributed by atoms with Gasteiger partial charge < -0.3 is 10.1 Å². The van der Waals surface area contributed by atoms with Gasteiger partial charge in [-0.25, -0.2) is 8.42 Å². The van der Waals surface area contributed by atoms with Gasteiger partial charge in [-0.05, 0) is 24.4 Å². The number of hydrogen-bond acceptors (Lipinski definition) is 5. The zero-order valence-electron chi connectivity index (χ0n) is 9.68. The first-order valence-electron chi connectivity index (χ1n) is 5.48. The lowest BCUT2D eigenvalue weighted by atomic mass is 10.4. The SMILES string of the molecule is COc1ccsc1S(=O)(=O)N1CCCNCC1. The summed E-state index contributed by atoms with van der Waals surface area (Å²) in [7, 11) is -1.91. The normalized spacial score (nSPS) is 18.9. The number of nitrogens with one attached hydrogen (secondary N) is 1. The summed E-state index contributed by atoms with van der Waals surface area (Å²) in [6, 6.07) is 1.69. The fraction of sp³-hybridized carbons (Fsp3) is 0.600. The van der Waals surface area contributed by atoms with E-state index in [2.05, 4.69) is 5.32 Å². The number of hydrogen-bond donors (Lipinski definition) is 1. The van der Waals surface area contributed by atoms with E-state index < -0.39 is 10.0 Å². The smallest absolute Gasteiger partial charge is 0.256 e. The van der Waals surface area contributed by atoms with Crippen molar-refractivity contribution in [3.05, 3.63) is 11.4 Å². The zero-order valence-corrected chi connectivity index (χ0v) is 11.3. The van der Waals surface area contributed by atoms with Gasteiger partial charge in [-0.3, -0.25) is 0 Å². The quantitative estimate of drug-likeness (QED) is 0.884. The Morgan fingerprint density at radius 3 is 3.00 bits per heavy atom. The van der Waals surface area contributed by atoms with Crippen LogP contribution in [0.25, 0.3) is 0 Å². The molecule has 1 aromatic heterocycles. The summed E-state index contributed by atoms with van der Waals surface area (Å²) in [6.45, 7) is 2.65. The number of ether oxygens (including phenoxy) is 1. The van der Waals surface area contributed by atoms with Gasteiger partial charge in [0.2, 0.25) is 0 Å². The Morgan fingerprint density at radius 2 is 2.24 bits per heavy atom. The molecule has 0 saturated carbocycles. The van der Waals surface area contributed by atoms with Crippen molar-refractivity contribution in [1.29, 1.82) is 0 Å². The van der Waals surface area contributed by atoms with E-state index in [9.17, 15) is 8.42 Å². The Kier molecular flexibility index (Phi) is 4.03. The number of thiophene rings is 1. The van der Waals surface area contributed by atoms with Gasteiger partial charge in [0.1, 0.15) is 5.75 Å². The molecule has 2 rings (SSSR count). The maximum atomic E-state index is 12.4. The van der Waals surface area contributed by atoms with Crippen molar-refractivity contribution in [3.8, 4) is 5.75 Å². The van der Waals surface area contributed by atoms with E-state index in [1.165, 1.54) is 22.8 Å². The lowest BCUT2D eigenvalue weighted by molar-refractivity contribution is 0.398. The van der Waals surface area contributed by atoms with Gasteiger partial charge >= 0.3 is 0 Å². The molecule has 1 N–H and O–H groups in total. The lowest BCUT2D eigenvalue weighted by Gasteiger charge is -2.19. The van der Waals surface area contributed by atoms with E-state index in [1.807, 2.05) is 0 Å². The molecule has 1 aliphatic heterocycles. The first-order chi connectivity index (χ1) is 8.16. The molecule has 1 aromatic rings. The Bertz CT molecular complexity index is 462. The molecular formula is C10H16N2O3S2. The van der Waals surface area contributed by atoms with Gasteiger partial charge in [-0.2, -0.15) is 4.31 Å². The average molecular weight is 276 g/mol. The van der Waals surface area contributed by atoms with Gasteiger partial charge in [0.25, 0.3) is 10.0 Å². The van der Waals surface area contributed by atoms with Gasteiger partial charge in [-0.15, -0.1) is 11.3 Å². The lowest BCUT2D eigenvalue weighted by Crippen LogP contribution is -2.33. The number of rotatable bonds is 3. The molecule has 0 spiro atoms. The minimum atomic E-state index is -3.40. The Morgan fingerprint density at radius 1 is 1.41 bits per heavy atom. The van der Waals surface area contributed by atoms with Crippen molar-refractivity contribution < 1.29 is 13.2 Å². The second-order valence-electron chi connectivity index (χ2n) is 3.78. The number of nitrogens with zero attached hydrogens (tertiary/aromatic N) is 1. The molecule has 0 bridgehead atoms. The highest BCUT2D eigenvalue weighted by atomic mass is 32.2. The van der Waals surface area contributed by atoms with Gasteiger partial charge in [-0.1, -0.05) is 0 Å². The summed E-state index contributed by atoms with van der Waals surface area (Å²) in [5.74, 6) is 0.437. The van der Waals surface area contributed by atoms with Crippen LogP contribution >= 0.6 is 11.3 Å². The van der Waals surface area contributed by atoms with Crippen LogP contribution in [0.4, 0.5) is 0 Å². The van der Waals surface area contributed by atoms with Crippen LogP contribution in [0, 0.1) is 0 Å². The second-order valence-corrected chi connectivity index (χ2v) is 6.83. The summed E-state index contributed by atoms with van der Waals surface area (Å²) in [4.78, 5) is 0. The van der Waals surface area contributed by atoms with Crippen LogP contribution in [0.15, 0.2) is 15.7 Å². The molecule has 0 aliphatic carbocycles. The van der Waals surface area contributed by atoms with Crippen molar-refractivity contribution in [2.75, 3.05) is 33.3 Å². The summed E-state index contributed by atoms with van der Waals surface area (Å²) >= 11 is 1.21. The Labute approximate surface area is 105 Å². The van der Waals surface area contributed by atoms with Crippen LogP contribution in [0.2, 0.25) is 0 Å². The maximum Gasteiger partial charge on any atom is 0.256 e. The highest BCUT2D eigenvalue weighted by Gasteiger charge is 2.29. The highest BCUT2D eigenvalue weighted by Crippen LogP contribution is 2.32. The minimum Gasteiger partial charge on any atom is -0.494 e. The van der Waals surface area contributed by atoms with Gasteiger partial charge in [0, 0.05) is 19.6 Å². The molecule has 1 saturated heterocycles. The van der Waals surface area contributed by atoms with Crippen molar-refractivity contribution in [1.82, 2.24) is 9.62 Å². The zero-order chi connectivity index (χ0) is 12.3. The predicted octanol–water partition coefficient (Wildman–Crippen LogP) is 0.741. The van der Waals surface area contributed by atoms with E-state index in [4.69, 9.17) is 4.74 Å². The fourth-order valence-electron chi connectivity index (χ4n) is 1.80. The molecule has 0 atom stereocenters. The van der Waals surface area contributed by atoms with E-state index in [0.717, 1.165) is 13.0 Å². The summed E-state index contributed by atoms with van der Waals surface area (Å²) in [5, 5.41) is 4.93. The predicted molar refractivity (Wildman–Crippen MR) is 67.1 cm³/mol. The molecule has 2 heterocycles. The molecule has 5 nitrogen and oxygen atoms in total. The summed E-state index contributed by atoms with van der Waals surface area (Å²) in [6.07, 6.45) is 0.840. The number of sulfonamides is 1. The van der Waals surface area contributed by atoms with Gasteiger partial charge in [0.15, 0.2) is 4.21 Å². The molecule has 96 valence electrons. The van der Waals surface area contributed by atoms with Crippen LogP contribution in [0.1, 0.15) is 6.42 Å². The van der Waals surface area contributed by atoms with Crippen LogP contribution in [0.5, 0.6) is 5.75 Å². The highest BCUT2D eigenvalue weighted by molar-refractivity contribution is 7.91. The number of methoxy groups -OCH3 is 1. The molecule has 7 heteroatoms. The molecule has 0 radical (unpaired) electrons. The van der Waals surface area contributed by atoms with Crippen LogP contribution in [-0.4, -0.2) is 46.0 Å². The van der Waals surface area contributed by atoms with Crippen molar-refractivity contribution in [3.63, 3.8) is 0 Å². The molecule has 0 aromatic carbocycles. The molecule has 17 heavy (non-hydrogen) atoms. The third-order valence-electron chi connectivity index (χ3n) is 2.69. The summed E-state index contributed by atoms with van der Waals surface area (Å²) in [5.41, 5.74) is 0. The van der Waals surface area contributed by atoms with Crippen molar-refractivity contribution in [2.45, 2.75) is 10.6 Å². The summed E-state index contributed by atoms with van der Waals surface area (Å²) < 4.78 is 31.7.